The predicted molar refractivity (Wildman–Crippen MR) is 147 cm³/mol. The van der Waals surface area contributed by atoms with Gasteiger partial charge in [0.15, 0.2) is 0 Å². The van der Waals surface area contributed by atoms with Crippen molar-refractivity contribution in [3.05, 3.63) is 106 Å². The van der Waals surface area contributed by atoms with Gasteiger partial charge in [-0.1, -0.05) is 77.8 Å². The molecular weight excluding hydrogens is 499 g/mol. The first-order valence-electron chi connectivity index (χ1n) is 11.5. The minimum Gasteiger partial charge on any atom is -0.352 e. The lowest BCUT2D eigenvalue weighted by atomic mass is 10.0. The first-order valence-corrected chi connectivity index (χ1v) is 13.4. The Bertz CT molecular complexity index is 1110. The van der Waals surface area contributed by atoms with Crippen LogP contribution >= 0.6 is 35.0 Å². The van der Waals surface area contributed by atoms with E-state index in [2.05, 4.69) is 5.32 Å². The van der Waals surface area contributed by atoms with E-state index in [9.17, 15) is 9.59 Å². The molecule has 3 rings (SSSR count). The molecule has 3 aromatic carbocycles. The van der Waals surface area contributed by atoms with E-state index < -0.39 is 6.04 Å². The van der Waals surface area contributed by atoms with Gasteiger partial charge in [-0.05, 0) is 54.8 Å². The smallest absolute Gasteiger partial charge is 0.243 e. The van der Waals surface area contributed by atoms with E-state index in [1.807, 2.05) is 86.6 Å². The molecule has 0 saturated heterocycles. The fourth-order valence-corrected chi connectivity index (χ4v) is 4.90. The van der Waals surface area contributed by atoms with Crippen LogP contribution in [0.2, 0.25) is 10.0 Å². The van der Waals surface area contributed by atoms with Crippen LogP contribution in [-0.2, 0) is 28.3 Å². The molecule has 0 spiro atoms. The molecule has 184 valence electrons. The van der Waals surface area contributed by atoms with E-state index in [1.54, 1.807) is 11.0 Å². The Morgan fingerprint density at radius 3 is 2.20 bits per heavy atom. The molecule has 0 aliphatic heterocycles. The lowest BCUT2D eigenvalue weighted by molar-refractivity contribution is -0.139. The first kappa shape index (κ1) is 27.1. The number of hydrogen-bond acceptors (Lipinski definition) is 3. The van der Waals surface area contributed by atoms with Crippen molar-refractivity contribution in [1.82, 2.24) is 10.2 Å². The summed E-state index contributed by atoms with van der Waals surface area (Å²) in [6, 6.07) is 24.1. The van der Waals surface area contributed by atoms with Crippen molar-refractivity contribution in [3.8, 4) is 0 Å². The van der Waals surface area contributed by atoms with Gasteiger partial charge in [-0.2, -0.15) is 0 Å². The topological polar surface area (TPSA) is 49.4 Å². The van der Waals surface area contributed by atoms with Gasteiger partial charge in [-0.3, -0.25) is 9.59 Å². The Labute approximate surface area is 222 Å². The highest BCUT2D eigenvalue weighted by atomic mass is 35.5. The molecule has 1 unspecified atom stereocenters. The molecule has 0 aromatic heterocycles. The van der Waals surface area contributed by atoms with E-state index in [0.717, 1.165) is 16.7 Å². The van der Waals surface area contributed by atoms with Crippen LogP contribution in [0.3, 0.4) is 0 Å². The van der Waals surface area contributed by atoms with Gasteiger partial charge in [0.1, 0.15) is 6.04 Å². The quantitative estimate of drug-likeness (QED) is 0.313. The van der Waals surface area contributed by atoms with Crippen molar-refractivity contribution < 1.29 is 9.59 Å². The third-order valence-corrected chi connectivity index (χ3v) is 6.83. The molecule has 4 nitrogen and oxygen atoms in total. The molecule has 0 bridgehead atoms. The summed E-state index contributed by atoms with van der Waals surface area (Å²) in [5.74, 6) is 0.671. The van der Waals surface area contributed by atoms with Gasteiger partial charge in [0, 0.05) is 34.8 Å². The van der Waals surface area contributed by atoms with E-state index in [1.165, 1.54) is 11.8 Å². The summed E-state index contributed by atoms with van der Waals surface area (Å²) in [6.07, 6.45) is 0.424. The summed E-state index contributed by atoms with van der Waals surface area (Å²) in [5, 5.41) is 4.28. The normalized spacial score (nSPS) is 11.8. The maximum Gasteiger partial charge on any atom is 0.243 e. The average molecular weight is 530 g/mol. The Balaban J connectivity index is 1.84. The molecule has 0 fully saturated rings. The van der Waals surface area contributed by atoms with Gasteiger partial charge in [0.2, 0.25) is 11.8 Å². The van der Waals surface area contributed by atoms with Gasteiger partial charge in [0.05, 0.1) is 5.75 Å². The molecule has 0 saturated carbocycles. The standard InChI is InChI=1S/C28H30Cl2N2O2S/c1-20(2)31-28(34)26(16-21-7-4-3-5-8-21)32(17-23-9-6-10-25(30)15-23)27(33)19-35-18-22-11-13-24(29)14-12-22/h3-15,20,26H,16-19H2,1-2H3,(H,31,34). The highest BCUT2D eigenvalue weighted by Crippen LogP contribution is 2.21. The van der Waals surface area contributed by atoms with Gasteiger partial charge in [0.25, 0.3) is 0 Å². The molecule has 0 aliphatic rings. The van der Waals surface area contributed by atoms with E-state index >= 15 is 0 Å². The summed E-state index contributed by atoms with van der Waals surface area (Å²) >= 11 is 13.7. The molecular formula is C28H30Cl2N2O2S. The lowest BCUT2D eigenvalue weighted by Gasteiger charge is -2.32. The predicted octanol–water partition coefficient (Wildman–Crippen LogP) is 6.39. The van der Waals surface area contributed by atoms with Crippen LogP contribution in [0.5, 0.6) is 0 Å². The van der Waals surface area contributed by atoms with Crippen LogP contribution in [0.15, 0.2) is 78.9 Å². The van der Waals surface area contributed by atoms with Crippen LogP contribution in [0.4, 0.5) is 0 Å². The van der Waals surface area contributed by atoms with Crippen molar-refractivity contribution in [2.75, 3.05) is 5.75 Å². The van der Waals surface area contributed by atoms with E-state index in [-0.39, 0.29) is 23.6 Å². The number of amides is 2. The highest BCUT2D eigenvalue weighted by molar-refractivity contribution is 7.99. The fraction of sp³-hybridized carbons (Fsp3) is 0.286. The molecule has 1 N–H and O–H groups in total. The average Bonchev–Trinajstić information content (AvgIpc) is 2.82. The Kier molecular flexibility index (Phi) is 10.5. The summed E-state index contributed by atoms with van der Waals surface area (Å²) in [7, 11) is 0. The SMILES string of the molecule is CC(C)NC(=O)C(Cc1ccccc1)N(Cc1cccc(Cl)c1)C(=O)CSCc1ccc(Cl)cc1. The monoisotopic (exact) mass is 528 g/mol. The zero-order valence-corrected chi connectivity index (χ0v) is 22.2. The first-order chi connectivity index (χ1) is 16.8. The van der Waals surface area contributed by atoms with Gasteiger partial charge >= 0.3 is 0 Å². The number of benzene rings is 3. The maximum atomic E-state index is 13.6. The zero-order valence-electron chi connectivity index (χ0n) is 19.9. The largest absolute Gasteiger partial charge is 0.352 e. The van der Waals surface area contributed by atoms with E-state index in [0.29, 0.717) is 28.8 Å². The summed E-state index contributed by atoms with van der Waals surface area (Å²) < 4.78 is 0. The fourth-order valence-electron chi connectivity index (χ4n) is 3.69. The lowest BCUT2D eigenvalue weighted by Crippen LogP contribution is -2.52. The molecule has 7 heteroatoms. The minimum absolute atomic E-state index is 0.0387. The summed E-state index contributed by atoms with van der Waals surface area (Å²) in [4.78, 5) is 28.6. The van der Waals surface area contributed by atoms with Crippen molar-refractivity contribution in [3.63, 3.8) is 0 Å². The number of halogens is 2. The van der Waals surface area contributed by atoms with Gasteiger partial charge < -0.3 is 10.2 Å². The van der Waals surface area contributed by atoms with Crippen molar-refractivity contribution >= 4 is 46.8 Å². The van der Waals surface area contributed by atoms with Gasteiger partial charge in [-0.25, -0.2) is 0 Å². The molecule has 0 heterocycles. The van der Waals surface area contributed by atoms with Crippen molar-refractivity contribution in [2.45, 2.75) is 44.6 Å². The zero-order chi connectivity index (χ0) is 25.2. The number of nitrogens with zero attached hydrogens (tertiary/aromatic N) is 1. The number of thioether (sulfide) groups is 1. The van der Waals surface area contributed by atoms with Crippen molar-refractivity contribution in [1.29, 1.82) is 0 Å². The third kappa shape index (κ3) is 8.92. The summed E-state index contributed by atoms with van der Waals surface area (Å²) in [5.41, 5.74) is 2.96. The Hall–Kier alpha value is -2.47. The molecule has 35 heavy (non-hydrogen) atoms. The number of carbonyl (C=O) groups excluding carboxylic acids is 2. The Morgan fingerprint density at radius 1 is 0.857 bits per heavy atom. The van der Waals surface area contributed by atoms with Crippen LogP contribution < -0.4 is 5.32 Å². The highest BCUT2D eigenvalue weighted by Gasteiger charge is 2.30. The van der Waals surface area contributed by atoms with Crippen LogP contribution in [0.1, 0.15) is 30.5 Å². The number of hydrogen-bond donors (Lipinski definition) is 1. The van der Waals surface area contributed by atoms with E-state index in [4.69, 9.17) is 23.2 Å². The Morgan fingerprint density at radius 2 is 1.54 bits per heavy atom. The second-order valence-corrected chi connectivity index (χ2v) is 10.5. The second-order valence-electron chi connectivity index (χ2n) is 8.64. The number of rotatable bonds is 11. The van der Waals surface area contributed by atoms with Crippen LogP contribution in [0, 0.1) is 0 Å². The number of nitrogens with one attached hydrogen (secondary N) is 1. The van der Waals surface area contributed by atoms with Crippen LogP contribution in [-0.4, -0.2) is 34.6 Å². The second kappa shape index (κ2) is 13.6. The van der Waals surface area contributed by atoms with Gasteiger partial charge in [-0.15, -0.1) is 11.8 Å². The molecule has 0 aliphatic carbocycles. The summed E-state index contributed by atoms with van der Waals surface area (Å²) in [6.45, 7) is 4.13. The third-order valence-electron chi connectivity index (χ3n) is 5.35. The molecule has 3 aromatic rings. The van der Waals surface area contributed by atoms with Crippen LogP contribution in [0.25, 0.3) is 0 Å². The maximum absolute atomic E-state index is 13.6. The van der Waals surface area contributed by atoms with Crippen molar-refractivity contribution in [2.24, 2.45) is 0 Å². The molecule has 2 amide bonds. The minimum atomic E-state index is -0.651. The number of carbonyl (C=O) groups is 2. The molecule has 0 radical (unpaired) electrons. The molecule has 1 atom stereocenters.